The van der Waals surface area contributed by atoms with E-state index in [1.165, 1.54) is 24.8 Å². The minimum absolute atomic E-state index is 0.407. The first-order chi connectivity index (χ1) is 8.16. The molecule has 2 aliphatic heterocycles. The van der Waals surface area contributed by atoms with Crippen molar-refractivity contribution in [2.75, 3.05) is 13.1 Å². The molecule has 17 heavy (non-hydrogen) atoms. The number of likely N-dealkylation sites (tertiary alicyclic amines) is 2. The zero-order valence-electron chi connectivity index (χ0n) is 10.9. The van der Waals surface area contributed by atoms with E-state index in [0.717, 1.165) is 19.5 Å². The van der Waals surface area contributed by atoms with E-state index in [0.29, 0.717) is 24.0 Å². The van der Waals surface area contributed by atoms with Gasteiger partial charge in [0.25, 0.3) is 0 Å². The second kappa shape index (κ2) is 4.13. The number of carbonyl (C=O) groups excluding carboxylic acids is 1. The second-order valence-corrected chi connectivity index (χ2v) is 5.94. The maximum Gasteiger partial charge on any atom is 0.224 e. The molecule has 2 atom stereocenters. The fraction of sp³-hybridized carbons (Fsp3) is 0.786. The first-order valence-electron chi connectivity index (χ1n) is 6.85. The van der Waals surface area contributed by atoms with E-state index in [9.17, 15) is 4.79 Å². The molecule has 0 aromatic rings. The molecule has 0 aromatic carbocycles. The monoisotopic (exact) mass is 234 g/mol. The Morgan fingerprint density at radius 2 is 2.06 bits per heavy atom. The molecule has 2 saturated heterocycles. The SMILES string of the molecule is CC(C)=CCN1CC[C@H]2[C@@H]1CC(=O)N2C1CC1. The Balaban J connectivity index is 1.69. The molecular formula is C14H22N2O. The maximum atomic E-state index is 12.0. The van der Waals surface area contributed by atoms with E-state index >= 15 is 0 Å². The molecule has 0 unspecified atom stereocenters. The van der Waals surface area contributed by atoms with E-state index in [1.54, 1.807) is 0 Å². The Kier molecular flexibility index (Phi) is 2.74. The van der Waals surface area contributed by atoms with Gasteiger partial charge in [-0.1, -0.05) is 11.6 Å². The highest BCUT2D eigenvalue weighted by Gasteiger charge is 2.50. The van der Waals surface area contributed by atoms with Crippen LogP contribution in [0.1, 0.15) is 39.5 Å². The third-order valence-corrected chi connectivity index (χ3v) is 4.33. The van der Waals surface area contributed by atoms with Gasteiger partial charge in [0.15, 0.2) is 0 Å². The normalized spacial score (nSPS) is 33.1. The van der Waals surface area contributed by atoms with Crippen LogP contribution in [0.4, 0.5) is 0 Å². The van der Waals surface area contributed by atoms with Crippen molar-refractivity contribution in [3.05, 3.63) is 11.6 Å². The van der Waals surface area contributed by atoms with Gasteiger partial charge in [-0.2, -0.15) is 0 Å². The molecule has 3 fully saturated rings. The van der Waals surface area contributed by atoms with Gasteiger partial charge in [-0.15, -0.1) is 0 Å². The Morgan fingerprint density at radius 3 is 2.71 bits per heavy atom. The van der Waals surface area contributed by atoms with E-state index in [1.807, 2.05) is 0 Å². The number of fused-ring (bicyclic) bond motifs is 1. The van der Waals surface area contributed by atoms with Crippen molar-refractivity contribution in [2.45, 2.75) is 57.7 Å². The predicted octanol–water partition coefficient (Wildman–Crippen LogP) is 1.79. The topological polar surface area (TPSA) is 23.6 Å². The van der Waals surface area contributed by atoms with E-state index in [-0.39, 0.29) is 0 Å². The summed E-state index contributed by atoms with van der Waals surface area (Å²) in [4.78, 5) is 16.8. The van der Waals surface area contributed by atoms with Crippen molar-refractivity contribution in [3.63, 3.8) is 0 Å². The minimum atomic E-state index is 0.407. The van der Waals surface area contributed by atoms with Gasteiger partial charge in [0.05, 0.1) is 0 Å². The summed E-state index contributed by atoms with van der Waals surface area (Å²) in [6, 6.07) is 1.63. The third kappa shape index (κ3) is 2.01. The van der Waals surface area contributed by atoms with Gasteiger partial charge in [0.1, 0.15) is 0 Å². The van der Waals surface area contributed by atoms with Crippen LogP contribution in [0.25, 0.3) is 0 Å². The lowest BCUT2D eigenvalue weighted by molar-refractivity contribution is -0.129. The molecule has 0 spiro atoms. The zero-order chi connectivity index (χ0) is 12.0. The fourth-order valence-corrected chi connectivity index (χ4v) is 3.31. The molecule has 3 heteroatoms. The van der Waals surface area contributed by atoms with Crippen LogP contribution in [0.2, 0.25) is 0 Å². The number of rotatable bonds is 3. The summed E-state index contributed by atoms with van der Waals surface area (Å²) in [5, 5.41) is 0. The van der Waals surface area contributed by atoms with E-state index in [4.69, 9.17) is 0 Å². The molecule has 3 rings (SSSR count). The quantitative estimate of drug-likeness (QED) is 0.695. The molecule has 1 amide bonds. The number of carbonyl (C=O) groups is 1. The average molecular weight is 234 g/mol. The Morgan fingerprint density at radius 1 is 1.29 bits per heavy atom. The number of hydrogen-bond acceptors (Lipinski definition) is 2. The molecule has 3 aliphatic rings. The van der Waals surface area contributed by atoms with E-state index in [2.05, 4.69) is 29.7 Å². The zero-order valence-corrected chi connectivity index (χ0v) is 10.9. The number of hydrogen-bond donors (Lipinski definition) is 0. The van der Waals surface area contributed by atoms with Gasteiger partial charge >= 0.3 is 0 Å². The lowest BCUT2D eigenvalue weighted by atomic mass is 10.1. The average Bonchev–Trinajstić information content (AvgIpc) is 2.94. The maximum absolute atomic E-state index is 12.0. The van der Waals surface area contributed by atoms with E-state index < -0.39 is 0 Å². The van der Waals surface area contributed by atoms with Crippen LogP contribution in [0.5, 0.6) is 0 Å². The van der Waals surface area contributed by atoms with Crippen LogP contribution in [0.3, 0.4) is 0 Å². The van der Waals surface area contributed by atoms with Crippen molar-refractivity contribution in [1.29, 1.82) is 0 Å². The van der Waals surface area contributed by atoms with Gasteiger partial charge < -0.3 is 4.90 Å². The lowest BCUT2D eigenvalue weighted by Crippen LogP contribution is -2.38. The molecule has 1 aliphatic carbocycles. The highest BCUT2D eigenvalue weighted by Crippen LogP contribution is 2.39. The standard InChI is InChI=1S/C14H22N2O/c1-10(2)5-7-15-8-6-12-13(15)9-14(17)16(12)11-3-4-11/h5,11-13H,3-4,6-9H2,1-2H3/t12-,13-/m0/s1. The van der Waals surface area contributed by atoms with Crippen molar-refractivity contribution in [3.8, 4) is 0 Å². The van der Waals surface area contributed by atoms with Crippen molar-refractivity contribution >= 4 is 5.91 Å². The summed E-state index contributed by atoms with van der Waals surface area (Å²) in [6.07, 6.45) is 6.71. The fourth-order valence-electron chi connectivity index (χ4n) is 3.31. The lowest BCUT2D eigenvalue weighted by Gasteiger charge is -2.24. The summed E-state index contributed by atoms with van der Waals surface area (Å²) in [6.45, 7) is 6.47. The van der Waals surface area contributed by atoms with Crippen LogP contribution in [-0.2, 0) is 4.79 Å². The molecule has 0 aromatic heterocycles. The van der Waals surface area contributed by atoms with Gasteiger partial charge in [-0.05, 0) is 33.1 Å². The Bertz CT molecular complexity index is 355. The predicted molar refractivity (Wildman–Crippen MR) is 67.7 cm³/mol. The highest BCUT2D eigenvalue weighted by molar-refractivity contribution is 5.81. The number of amides is 1. The smallest absolute Gasteiger partial charge is 0.224 e. The minimum Gasteiger partial charge on any atom is -0.335 e. The summed E-state index contributed by atoms with van der Waals surface area (Å²) in [7, 11) is 0. The largest absolute Gasteiger partial charge is 0.335 e. The molecule has 0 bridgehead atoms. The van der Waals surface area contributed by atoms with Crippen LogP contribution in [-0.4, -0.2) is 46.9 Å². The Labute approximate surface area is 103 Å². The second-order valence-electron chi connectivity index (χ2n) is 5.94. The summed E-state index contributed by atoms with van der Waals surface area (Å²) in [5.41, 5.74) is 1.37. The molecule has 94 valence electrons. The summed E-state index contributed by atoms with van der Waals surface area (Å²) < 4.78 is 0. The molecule has 1 saturated carbocycles. The summed E-state index contributed by atoms with van der Waals surface area (Å²) >= 11 is 0. The highest BCUT2D eigenvalue weighted by atomic mass is 16.2. The Hall–Kier alpha value is -0.830. The molecule has 0 N–H and O–H groups in total. The first-order valence-corrected chi connectivity index (χ1v) is 6.85. The van der Waals surface area contributed by atoms with Crippen molar-refractivity contribution < 1.29 is 4.79 Å². The van der Waals surface area contributed by atoms with Crippen molar-refractivity contribution in [2.24, 2.45) is 0 Å². The van der Waals surface area contributed by atoms with Gasteiger partial charge in [-0.3, -0.25) is 9.69 Å². The van der Waals surface area contributed by atoms with Gasteiger partial charge in [0, 0.05) is 37.6 Å². The molecule has 3 nitrogen and oxygen atoms in total. The van der Waals surface area contributed by atoms with Crippen LogP contribution < -0.4 is 0 Å². The van der Waals surface area contributed by atoms with Crippen LogP contribution in [0.15, 0.2) is 11.6 Å². The van der Waals surface area contributed by atoms with Crippen LogP contribution in [0, 0.1) is 0 Å². The van der Waals surface area contributed by atoms with Crippen molar-refractivity contribution in [1.82, 2.24) is 9.80 Å². The summed E-state index contributed by atoms with van der Waals surface area (Å²) in [5.74, 6) is 0.407. The number of allylic oxidation sites excluding steroid dienone is 1. The van der Waals surface area contributed by atoms with Gasteiger partial charge in [-0.25, -0.2) is 0 Å². The molecule has 0 radical (unpaired) electrons. The first kappa shape index (κ1) is 11.3. The van der Waals surface area contributed by atoms with Gasteiger partial charge in [0.2, 0.25) is 5.91 Å². The molecule has 2 heterocycles. The number of nitrogens with zero attached hydrogens (tertiary/aromatic N) is 2. The van der Waals surface area contributed by atoms with Crippen LogP contribution >= 0.6 is 0 Å². The third-order valence-electron chi connectivity index (χ3n) is 4.33. The molecular weight excluding hydrogens is 212 g/mol.